The Morgan fingerprint density at radius 3 is 2.95 bits per heavy atom. The van der Waals surface area contributed by atoms with E-state index in [2.05, 4.69) is 29.8 Å². The highest BCUT2D eigenvalue weighted by Crippen LogP contribution is 2.33. The van der Waals surface area contributed by atoms with E-state index in [1.165, 1.54) is 56.3 Å². The first-order chi connectivity index (χ1) is 9.26. The van der Waals surface area contributed by atoms with Gasteiger partial charge < -0.3 is 4.74 Å². The molecule has 1 fully saturated rings. The number of aryl methyl sites for hydroxylation is 1. The van der Waals surface area contributed by atoms with E-state index in [4.69, 9.17) is 4.74 Å². The molecule has 1 atom stereocenters. The first-order valence-corrected chi connectivity index (χ1v) is 7.50. The Bertz CT molecular complexity index is 406. The second-order valence-electron chi connectivity index (χ2n) is 5.48. The average molecular weight is 262 g/mol. The zero-order valence-electron chi connectivity index (χ0n) is 12.5. The van der Waals surface area contributed by atoms with Gasteiger partial charge in [-0.05, 0) is 50.4 Å². The number of nitrogens with zero attached hydrogens (tertiary/aromatic N) is 2. The number of unbranched alkanes of at least 4 members (excludes halogenated alkanes) is 1. The molecule has 0 unspecified atom stereocenters. The van der Waals surface area contributed by atoms with Crippen molar-refractivity contribution in [3.63, 3.8) is 0 Å². The van der Waals surface area contributed by atoms with Gasteiger partial charge in [0.15, 0.2) is 0 Å². The Kier molecular flexibility index (Phi) is 5.20. The van der Waals surface area contributed by atoms with E-state index in [0.717, 1.165) is 5.88 Å². The van der Waals surface area contributed by atoms with Gasteiger partial charge in [-0.25, -0.2) is 4.98 Å². The lowest BCUT2D eigenvalue weighted by atomic mass is 9.93. The van der Waals surface area contributed by atoms with Gasteiger partial charge in [-0.15, -0.1) is 0 Å². The summed E-state index contributed by atoms with van der Waals surface area (Å²) in [4.78, 5) is 7.04. The largest absolute Gasteiger partial charge is 0.481 e. The number of aromatic nitrogens is 1. The Morgan fingerprint density at radius 2 is 2.26 bits per heavy atom. The third-order valence-electron chi connectivity index (χ3n) is 4.11. The van der Waals surface area contributed by atoms with Crippen LogP contribution >= 0.6 is 0 Å². The van der Waals surface area contributed by atoms with E-state index in [-0.39, 0.29) is 0 Å². The van der Waals surface area contributed by atoms with Crippen LogP contribution in [-0.4, -0.2) is 30.1 Å². The van der Waals surface area contributed by atoms with E-state index in [9.17, 15) is 0 Å². The first-order valence-electron chi connectivity index (χ1n) is 7.50. The van der Waals surface area contributed by atoms with Crippen molar-refractivity contribution in [3.8, 4) is 5.88 Å². The highest BCUT2D eigenvalue weighted by molar-refractivity contribution is 5.31. The highest BCUT2D eigenvalue weighted by Gasteiger charge is 2.24. The molecular weight excluding hydrogens is 236 g/mol. The quantitative estimate of drug-likeness (QED) is 0.808. The lowest BCUT2D eigenvalue weighted by Gasteiger charge is -2.36. The van der Waals surface area contributed by atoms with Gasteiger partial charge in [-0.3, -0.25) is 4.90 Å². The van der Waals surface area contributed by atoms with Crippen molar-refractivity contribution in [2.45, 2.75) is 52.0 Å². The van der Waals surface area contributed by atoms with Gasteiger partial charge >= 0.3 is 0 Å². The van der Waals surface area contributed by atoms with Crippen molar-refractivity contribution < 1.29 is 4.74 Å². The number of methoxy groups -OCH3 is 1. The van der Waals surface area contributed by atoms with E-state index in [1.54, 1.807) is 7.11 Å². The van der Waals surface area contributed by atoms with Gasteiger partial charge in [0.1, 0.15) is 0 Å². The minimum atomic E-state index is 0.554. The third kappa shape index (κ3) is 3.47. The molecule has 2 rings (SSSR count). The van der Waals surface area contributed by atoms with Crippen LogP contribution in [-0.2, 0) is 0 Å². The maximum absolute atomic E-state index is 5.20. The average Bonchev–Trinajstić information content (AvgIpc) is 2.45. The van der Waals surface area contributed by atoms with Crippen LogP contribution in [0, 0.1) is 6.92 Å². The normalized spacial score (nSPS) is 20.5. The Morgan fingerprint density at radius 1 is 1.42 bits per heavy atom. The van der Waals surface area contributed by atoms with Crippen LogP contribution < -0.4 is 4.74 Å². The second-order valence-corrected chi connectivity index (χ2v) is 5.48. The number of hydrogen-bond acceptors (Lipinski definition) is 3. The molecule has 0 aromatic carbocycles. The number of ether oxygens (including phenoxy) is 1. The Labute approximate surface area is 117 Å². The molecule has 3 nitrogen and oxygen atoms in total. The molecule has 0 aliphatic carbocycles. The van der Waals surface area contributed by atoms with E-state index in [1.807, 2.05) is 6.20 Å². The summed E-state index contributed by atoms with van der Waals surface area (Å²) in [6.45, 7) is 6.88. The maximum atomic E-state index is 5.20. The van der Waals surface area contributed by atoms with Crippen molar-refractivity contribution in [3.05, 3.63) is 23.4 Å². The molecule has 3 heteroatoms. The molecule has 0 N–H and O–H groups in total. The fourth-order valence-electron chi connectivity index (χ4n) is 2.97. The molecule has 1 aliphatic rings. The van der Waals surface area contributed by atoms with Crippen LogP contribution in [0.3, 0.4) is 0 Å². The molecule has 1 aliphatic heterocycles. The van der Waals surface area contributed by atoms with Gasteiger partial charge in [0, 0.05) is 18.3 Å². The van der Waals surface area contributed by atoms with Crippen molar-refractivity contribution in [1.82, 2.24) is 9.88 Å². The zero-order valence-corrected chi connectivity index (χ0v) is 12.5. The van der Waals surface area contributed by atoms with Gasteiger partial charge in [-0.1, -0.05) is 19.8 Å². The predicted molar refractivity (Wildman–Crippen MR) is 78.6 cm³/mol. The molecule has 1 saturated heterocycles. The summed E-state index contributed by atoms with van der Waals surface area (Å²) in [6, 6.07) is 2.61. The lowest BCUT2D eigenvalue weighted by molar-refractivity contribution is 0.146. The summed E-state index contributed by atoms with van der Waals surface area (Å²) in [5.41, 5.74) is 2.69. The van der Waals surface area contributed by atoms with Crippen LogP contribution in [0.4, 0.5) is 0 Å². The molecule has 0 spiro atoms. The van der Waals surface area contributed by atoms with Gasteiger partial charge in [0.2, 0.25) is 5.88 Å². The SMILES string of the molecule is CCCCN1CCCC[C@H]1c1cnc(OC)cc1C. The first kappa shape index (κ1) is 14.3. The van der Waals surface area contributed by atoms with E-state index >= 15 is 0 Å². The van der Waals surface area contributed by atoms with Gasteiger partial charge in [-0.2, -0.15) is 0 Å². The topological polar surface area (TPSA) is 25.4 Å². The number of rotatable bonds is 5. The maximum Gasteiger partial charge on any atom is 0.213 e. The fourth-order valence-corrected chi connectivity index (χ4v) is 2.97. The summed E-state index contributed by atoms with van der Waals surface area (Å²) in [6.07, 6.45) is 8.51. The standard InChI is InChI=1S/C16H26N2O/c1-4-5-9-18-10-7-6-8-15(18)14-12-17-16(19-3)11-13(14)2/h11-12,15H,4-10H2,1-3H3/t15-/m0/s1. The van der Waals surface area contributed by atoms with Crippen LogP contribution in [0.1, 0.15) is 56.2 Å². The van der Waals surface area contributed by atoms with Crippen LogP contribution in [0.25, 0.3) is 0 Å². The van der Waals surface area contributed by atoms with E-state index < -0.39 is 0 Å². The molecule has 0 amide bonds. The molecule has 0 saturated carbocycles. The molecule has 1 aromatic rings. The smallest absolute Gasteiger partial charge is 0.213 e. The van der Waals surface area contributed by atoms with Crippen LogP contribution in [0.5, 0.6) is 5.88 Å². The summed E-state index contributed by atoms with van der Waals surface area (Å²) in [5, 5.41) is 0. The minimum absolute atomic E-state index is 0.554. The van der Waals surface area contributed by atoms with Crippen LogP contribution in [0.15, 0.2) is 12.3 Å². The lowest BCUT2D eigenvalue weighted by Crippen LogP contribution is -2.34. The van der Waals surface area contributed by atoms with Crippen LogP contribution in [0.2, 0.25) is 0 Å². The van der Waals surface area contributed by atoms with Crippen molar-refractivity contribution in [2.75, 3.05) is 20.2 Å². The summed E-state index contributed by atoms with van der Waals surface area (Å²) in [7, 11) is 1.68. The highest BCUT2D eigenvalue weighted by atomic mass is 16.5. The van der Waals surface area contributed by atoms with Crippen molar-refractivity contribution >= 4 is 0 Å². The number of hydrogen-bond donors (Lipinski definition) is 0. The van der Waals surface area contributed by atoms with E-state index in [0.29, 0.717) is 6.04 Å². The third-order valence-corrected chi connectivity index (χ3v) is 4.11. The predicted octanol–water partition coefficient (Wildman–Crippen LogP) is 3.73. The molecular formula is C16H26N2O. The molecule has 0 radical (unpaired) electrons. The Hall–Kier alpha value is -1.09. The molecule has 106 valence electrons. The summed E-state index contributed by atoms with van der Waals surface area (Å²) < 4.78 is 5.20. The fraction of sp³-hybridized carbons (Fsp3) is 0.688. The second kappa shape index (κ2) is 6.90. The molecule has 0 bridgehead atoms. The van der Waals surface area contributed by atoms with Gasteiger partial charge in [0.25, 0.3) is 0 Å². The zero-order chi connectivity index (χ0) is 13.7. The summed E-state index contributed by atoms with van der Waals surface area (Å²) in [5.74, 6) is 0.720. The number of likely N-dealkylation sites (tertiary alicyclic amines) is 1. The van der Waals surface area contributed by atoms with Crippen molar-refractivity contribution in [1.29, 1.82) is 0 Å². The number of pyridine rings is 1. The summed E-state index contributed by atoms with van der Waals surface area (Å²) >= 11 is 0. The molecule has 2 heterocycles. The van der Waals surface area contributed by atoms with Crippen molar-refractivity contribution in [2.24, 2.45) is 0 Å². The Balaban J connectivity index is 2.17. The molecule has 19 heavy (non-hydrogen) atoms. The molecule has 1 aromatic heterocycles. The van der Waals surface area contributed by atoms with Gasteiger partial charge in [0.05, 0.1) is 7.11 Å². The number of piperidine rings is 1. The monoisotopic (exact) mass is 262 g/mol. The minimum Gasteiger partial charge on any atom is -0.481 e.